The highest BCUT2D eigenvalue weighted by Gasteiger charge is 2.19. The van der Waals surface area contributed by atoms with Crippen molar-refractivity contribution in [2.45, 2.75) is 39.2 Å². The van der Waals surface area contributed by atoms with E-state index in [0.717, 1.165) is 12.0 Å². The van der Waals surface area contributed by atoms with Crippen LogP contribution in [-0.4, -0.2) is 23.1 Å². The van der Waals surface area contributed by atoms with E-state index in [9.17, 15) is 9.59 Å². The zero-order chi connectivity index (χ0) is 16.0. The summed E-state index contributed by atoms with van der Waals surface area (Å²) < 4.78 is 0. The monoisotopic (exact) mass is 332 g/mol. The van der Waals surface area contributed by atoms with Crippen molar-refractivity contribution < 1.29 is 14.7 Å². The van der Waals surface area contributed by atoms with Gasteiger partial charge in [0, 0.05) is 5.02 Å². The first-order valence-corrected chi connectivity index (χ1v) is 7.36. The van der Waals surface area contributed by atoms with Crippen LogP contribution in [0, 0.1) is 6.92 Å². The Kier molecular flexibility index (Phi) is 6.78. The Labute approximate surface area is 133 Å². The van der Waals surface area contributed by atoms with Crippen molar-refractivity contribution in [3.63, 3.8) is 0 Å². The van der Waals surface area contributed by atoms with Crippen LogP contribution in [0.15, 0.2) is 12.1 Å². The molecule has 3 N–H and O–H groups in total. The lowest BCUT2D eigenvalue weighted by Crippen LogP contribution is -2.43. The summed E-state index contributed by atoms with van der Waals surface area (Å²) in [6, 6.07) is 1.61. The number of halogens is 2. The number of carbonyl (C=O) groups excluding carboxylic acids is 1. The van der Waals surface area contributed by atoms with Crippen molar-refractivity contribution in [3.05, 3.63) is 27.7 Å². The van der Waals surface area contributed by atoms with Gasteiger partial charge < -0.3 is 15.7 Å². The van der Waals surface area contributed by atoms with Crippen LogP contribution in [0.2, 0.25) is 10.0 Å². The van der Waals surface area contributed by atoms with E-state index in [-0.39, 0.29) is 0 Å². The number of aliphatic carboxylic acids is 1. The second kappa shape index (κ2) is 8.10. The van der Waals surface area contributed by atoms with E-state index < -0.39 is 18.0 Å². The molecular weight excluding hydrogens is 315 g/mol. The van der Waals surface area contributed by atoms with E-state index in [1.807, 2.05) is 6.92 Å². The summed E-state index contributed by atoms with van der Waals surface area (Å²) in [6.45, 7) is 3.75. The van der Waals surface area contributed by atoms with Gasteiger partial charge in [-0.15, -0.1) is 0 Å². The number of hydrogen-bond donors (Lipinski definition) is 3. The third kappa shape index (κ3) is 5.44. The van der Waals surface area contributed by atoms with Gasteiger partial charge in [0.15, 0.2) is 0 Å². The van der Waals surface area contributed by atoms with Gasteiger partial charge in [-0.2, -0.15) is 0 Å². The van der Waals surface area contributed by atoms with Crippen LogP contribution < -0.4 is 10.6 Å². The molecule has 0 fully saturated rings. The summed E-state index contributed by atoms with van der Waals surface area (Å²) in [5, 5.41) is 14.8. The number of urea groups is 1. The van der Waals surface area contributed by atoms with Crippen LogP contribution in [0.1, 0.15) is 31.7 Å². The lowest BCUT2D eigenvalue weighted by Gasteiger charge is -2.15. The third-order valence-electron chi connectivity index (χ3n) is 2.95. The van der Waals surface area contributed by atoms with Crippen molar-refractivity contribution in [2.75, 3.05) is 5.32 Å². The minimum absolute atomic E-state index is 0.337. The fourth-order valence-corrected chi connectivity index (χ4v) is 2.15. The van der Waals surface area contributed by atoms with E-state index in [4.69, 9.17) is 28.3 Å². The fourth-order valence-electron chi connectivity index (χ4n) is 1.72. The SMILES string of the molecule is CCCCC(NC(=O)Nc1cc(Cl)c(C)cc1Cl)C(=O)O. The lowest BCUT2D eigenvalue weighted by atomic mass is 10.1. The van der Waals surface area contributed by atoms with Gasteiger partial charge in [0.05, 0.1) is 10.7 Å². The molecular formula is C14H18Cl2N2O3. The molecule has 116 valence electrons. The number of unbranched alkanes of at least 4 members (excludes halogenated alkanes) is 1. The number of benzene rings is 1. The van der Waals surface area contributed by atoms with Crippen LogP contribution >= 0.6 is 23.2 Å². The number of carboxylic acid groups (broad SMARTS) is 1. The third-order valence-corrected chi connectivity index (χ3v) is 3.67. The van der Waals surface area contributed by atoms with Gasteiger partial charge in [-0.1, -0.05) is 43.0 Å². The molecule has 1 atom stereocenters. The van der Waals surface area contributed by atoms with Crippen LogP contribution in [-0.2, 0) is 4.79 Å². The van der Waals surface area contributed by atoms with Crippen molar-refractivity contribution in [3.8, 4) is 0 Å². The molecule has 0 aliphatic heterocycles. The van der Waals surface area contributed by atoms with Gasteiger partial charge in [0.2, 0.25) is 0 Å². The molecule has 0 aliphatic rings. The first kappa shape index (κ1) is 17.6. The zero-order valence-corrected chi connectivity index (χ0v) is 13.4. The minimum Gasteiger partial charge on any atom is -0.480 e. The van der Waals surface area contributed by atoms with E-state index in [1.165, 1.54) is 6.07 Å². The molecule has 1 rings (SSSR count). The van der Waals surface area contributed by atoms with Gasteiger partial charge >= 0.3 is 12.0 Å². The van der Waals surface area contributed by atoms with Gasteiger partial charge in [-0.25, -0.2) is 9.59 Å². The smallest absolute Gasteiger partial charge is 0.326 e. The number of rotatable bonds is 6. The Morgan fingerprint density at radius 2 is 1.95 bits per heavy atom. The Bertz CT molecular complexity index is 535. The lowest BCUT2D eigenvalue weighted by molar-refractivity contribution is -0.139. The van der Waals surface area contributed by atoms with Crippen LogP contribution in [0.4, 0.5) is 10.5 Å². The van der Waals surface area contributed by atoms with Gasteiger partial charge in [0.25, 0.3) is 0 Å². The van der Waals surface area contributed by atoms with Gasteiger partial charge in [0.1, 0.15) is 6.04 Å². The predicted octanol–water partition coefficient (Wildman–Crippen LogP) is 4.07. The molecule has 1 aromatic carbocycles. The summed E-state index contributed by atoms with van der Waals surface area (Å²) in [4.78, 5) is 22.9. The highest BCUT2D eigenvalue weighted by Crippen LogP contribution is 2.28. The first-order valence-electron chi connectivity index (χ1n) is 6.61. The predicted molar refractivity (Wildman–Crippen MR) is 84.3 cm³/mol. The van der Waals surface area contributed by atoms with Crippen molar-refractivity contribution in [1.29, 1.82) is 0 Å². The zero-order valence-electron chi connectivity index (χ0n) is 11.9. The Morgan fingerprint density at radius 1 is 1.29 bits per heavy atom. The quantitative estimate of drug-likeness (QED) is 0.734. The second-order valence-corrected chi connectivity index (χ2v) is 5.53. The Hall–Kier alpha value is -1.46. The van der Waals surface area contributed by atoms with E-state index in [2.05, 4.69) is 10.6 Å². The number of nitrogens with one attached hydrogen (secondary N) is 2. The Morgan fingerprint density at radius 3 is 2.52 bits per heavy atom. The van der Waals surface area contributed by atoms with Crippen LogP contribution in [0.3, 0.4) is 0 Å². The highest BCUT2D eigenvalue weighted by atomic mass is 35.5. The summed E-state index contributed by atoms with van der Waals surface area (Å²) in [7, 11) is 0. The maximum atomic E-state index is 11.9. The number of anilines is 1. The molecule has 7 heteroatoms. The summed E-state index contributed by atoms with van der Waals surface area (Å²) in [5.41, 5.74) is 1.13. The number of amides is 2. The summed E-state index contributed by atoms with van der Waals surface area (Å²) >= 11 is 12.0. The molecule has 0 saturated carbocycles. The van der Waals surface area contributed by atoms with Gasteiger partial charge in [-0.05, 0) is 31.0 Å². The number of aryl methyl sites for hydroxylation is 1. The van der Waals surface area contributed by atoms with Gasteiger partial charge in [-0.3, -0.25) is 0 Å². The highest BCUT2D eigenvalue weighted by molar-refractivity contribution is 6.36. The van der Waals surface area contributed by atoms with E-state index in [0.29, 0.717) is 28.6 Å². The second-order valence-electron chi connectivity index (χ2n) is 4.71. The van der Waals surface area contributed by atoms with Crippen molar-refractivity contribution >= 4 is 40.9 Å². The molecule has 0 radical (unpaired) electrons. The average molecular weight is 333 g/mol. The molecule has 21 heavy (non-hydrogen) atoms. The average Bonchev–Trinajstić information content (AvgIpc) is 2.40. The van der Waals surface area contributed by atoms with E-state index in [1.54, 1.807) is 13.0 Å². The summed E-state index contributed by atoms with van der Waals surface area (Å²) in [5.74, 6) is -1.06. The van der Waals surface area contributed by atoms with E-state index >= 15 is 0 Å². The molecule has 1 unspecified atom stereocenters. The molecule has 0 aliphatic carbocycles. The standard InChI is InChI=1S/C14H18Cl2N2O3/c1-3-4-5-11(13(19)20)17-14(21)18-12-7-9(15)8(2)6-10(12)16/h6-7,11H,3-5H2,1-2H3,(H,19,20)(H2,17,18,21). The van der Waals surface area contributed by atoms with Crippen molar-refractivity contribution in [1.82, 2.24) is 5.32 Å². The molecule has 1 aromatic rings. The largest absolute Gasteiger partial charge is 0.480 e. The molecule has 5 nitrogen and oxygen atoms in total. The minimum atomic E-state index is -1.06. The topological polar surface area (TPSA) is 78.4 Å². The normalized spacial score (nSPS) is 11.8. The molecule has 0 bridgehead atoms. The van der Waals surface area contributed by atoms with Crippen LogP contribution in [0.25, 0.3) is 0 Å². The molecule has 0 aromatic heterocycles. The van der Waals surface area contributed by atoms with Crippen molar-refractivity contribution in [2.24, 2.45) is 0 Å². The first-order chi connectivity index (χ1) is 9.85. The number of carbonyl (C=O) groups is 2. The Balaban J connectivity index is 2.72. The fraction of sp³-hybridized carbons (Fsp3) is 0.429. The molecule has 0 heterocycles. The van der Waals surface area contributed by atoms with Crippen LogP contribution in [0.5, 0.6) is 0 Å². The molecule has 2 amide bonds. The number of carboxylic acids is 1. The molecule has 0 saturated heterocycles. The maximum Gasteiger partial charge on any atom is 0.326 e. The summed E-state index contributed by atoms with van der Waals surface area (Å²) in [6.07, 6.45) is 1.95. The molecule has 0 spiro atoms. The maximum absolute atomic E-state index is 11.9. The number of hydrogen-bond acceptors (Lipinski definition) is 2.